The zero-order valence-electron chi connectivity index (χ0n) is 13.5. The first-order valence-corrected chi connectivity index (χ1v) is 9.22. The molecule has 0 spiro atoms. The Morgan fingerprint density at radius 1 is 1.25 bits per heavy atom. The number of carbonyl (C=O) groups is 2. The molecule has 2 aromatic rings. The number of benzene rings is 1. The molecule has 2 heterocycles. The van der Waals surface area contributed by atoms with E-state index in [-0.39, 0.29) is 24.5 Å². The van der Waals surface area contributed by atoms with Gasteiger partial charge in [-0.2, -0.15) is 0 Å². The molecule has 1 aliphatic rings. The number of fused-ring (bicyclic) bond motifs is 1. The van der Waals surface area contributed by atoms with Crippen molar-refractivity contribution in [2.45, 2.75) is 26.2 Å². The molecule has 0 fully saturated rings. The average Bonchev–Trinajstić information content (AvgIpc) is 3.18. The van der Waals surface area contributed by atoms with Crippen LogP contribution in [0.4, 0.5) is 11.4 Å². The van der Waals surface area contributed by atoms with Crippen molar-refractivity contribution in [2.24, 2.45) is 0 Å². The third-order valence-electron chi connectivity index (χ3n) is 4.17. The summed E-state index contributed by atoms with van der Waals surface area (Å²) in [6, 6.07) is 9.41. The normalized spacial score (nSPS) is 13.0. The number of thiophene rings is 1. The number of carbonyl (C=O) groups excluding carboxylic acids is 2. The molecule has 1 N–H and O–H groups in total. The number of Topliss-reactive ketones (excluding diaryl/α,β-unsaturated/α-hetero) is 1. The van der Waals surface area contributed by atoms with Gasteiger partial charge in [0.15, 0.2) is 5.78 Å². The van der Waals surface area contributed by atoms with Gasteiger partial charge in [0, 0.05) is 37.3 Å². The van der Waals surface area contributed by atoms with Gasteiger partial charge in [-0.3, -0.25) is 9.59 Å². The van der Waals surface area contributed by atoms with Crippen molar-refractivity contribution < 1.29 is 9.59 Å². The maximum atomic E-state index is 12.1. The van der Waals surface area contributed by atoms with Gasteiger partial charge in [0.25, 0.3) is 0 Å². The second-order valence-corrected chi connectivity index (χ2v) is 7.46. The molecule has 4 nitrogen and oxygen atoms in total. The number of likely N-dealkylation sites (N-methyl/N-ethyl adjacent to an activating group) is 1. The number of anilines is 2. The minimum absolute atomic E-state index is 0.0480. The molecule has 126 valence electrons. The molecule has 0 radical (unpaired) electrons. The van der Waals surface area contributed by atoms with Crippen LogP contribution in [0.15, 0.2) is 30.3 Å². The minimum Gasteiger partial charge on any atom is -0.371 e. The van der Waals surface area contributed by atoms with Gasteiger partial charge >= 0.3 is 0 Å². The van der Waals surface area contributed by atoms with Crippen molar-refractivity contribution in [3.63, 3.8) is 0 Å². The third kappa shape index (κ3) is 3.79. The topological polar surface area (TPSA) is 49.4 Å². The lowest BCUT2D eigenvalue weighted by molar-refractivity contribution is -0.116. The van der Waals surface area contributed by atoms with Gasteiger partial charge in [-0.05, 0) is 43.2 Å². The highest BCUT2D eigenvalue weighted by Gasteiger charge is 2.18. The van der Waals surface area contributed by atoms with Crippen molar-refractivity contribution in [3.8, 4) is 0 Å². The van der Waals surface area contributed by atoms with Crippen LogP contribution in [-0.4, -0.2) is 24.8 Å². The van der Waals surface area contributed by atoms with Crippen LogP contribution < -0.4 is 10.2 Å². The van der Waals surface area contributed by atoms with Crippen molar-refractivity contribution in [2.75, 3.05) is 23.3 Å². The number of rotatable bonds is 6. The van der Waals surface area contributed by atoms with E-state index in [1.54, 1.807) is 12.1 Å². The molecule has 0 bridgehead atoms. The van der Waals surface area contributed by atoms with Crippen molar-refractivity contribution >= 4 is 46.0 Å². The highest BCUT2D eigenvalue weighted by molar-refractivity contribution is 7.18. The molecule has 24 heavy (non-hydrogen) atoms. The average molecular weight is 363 g/mol. The molecule has 0 unspecified atom stereocenters. The van der Waals surface area contributed by atoms with E-state index >= 15 is 0 Å². The maximum absolute atomic E-state index is 12.1. The fourth-order valence-corrected chi connectivity index (χ4v) is 3.90. The van der Waals surface area contributed by atoms with Gasteiger partial charge in [0.1, 0.15) is 0 Å². The lowest BCUT2D eigenvalue weighted by Crippen LogP contribution is -2.19. The van der Waals surface area contributed by atoms with E-state index in [1.807, 2.05) is 12.1 Å². The number of nitrogens with one attached hydrogen (secondary N) is 1. The summed E-state index contributed by atoms with van der Waals surface area (Å²) in [5.74, 6) is -0.194. The fraction of sp³-hybridized carbons (Fsp3) is 0.333. The van der Waals surface area contributed by atoms with E-state index in [1.165, 1.54) is 22.6 Å². The largest absolute Gasteiger partial charge is 0.371 e. The van der Waals surface area contributed by atoms with E-state index < -0.39 is 0 Å². The molecule has 1 amide bonds. The minimum atomic E-state index is -0.146. The zero-order valence-corrected chi connectivity index (χ0v) is 15.0. The molecular formula is C18H19ClN2O2S. The highest BCUT2D eigenvalue weighted by atomic mass is 35.5. The van der Waals surface area contributed by atoms with Crippen LogP contribution in [0.25, 0.3) is 0 Å². The summed E-state index contributed by atoms with van der Waals surface area (Å²) in [5, 5.41) is 2.89. The number of amides is 1. The summed E-state index contributed by atoms with van der Waals surface area (Å²) in [4.78, 5) is 27.0. The Labute approximate surface area is 150 Å². The molecule has 1 aromatic carbocycles. The molecule has 1 aromatic heterocycles. The quantitative estimate of drug-likeness (QED) is 0.775. The summed E-state index contributed by atoms with van der Waals surface area (Å²) < 4.78 is 0.585. The summed E-state index contributed by atoms with van der Waals surface area (Å²) in [7, 11) is 0. The lowest BCUT2D eigenvalue weighted by Gasteiger charge is -2.17. The highest BCUT2D eigenvalue weighted by Crippen LogP contribution is 2.30. The fourth-order valence-electron chi connectivity index (χ4n) is 2.89. The Bertz CT molecular complexity index is 772. The van der Waals surface area contributed by atoms with Gasteiger partial charge in [-0.25, -0.2) is 0 Å². The van der Waals surface area contributed by atoms with Crippen LogP contribution in [0.5, 0.6) is 0 Å². The molecular weight excluding hydrogens is 344 g/mol. The van der Waals surface area contributed by atoms with Crippen molar-refractivity contribution in [1.29, 1.82) is 0 Å². The molecule has 3 rings (SSSR count). The van der Waals surface area contributed by atoms with Crippen LogP contribution in [0.1, 0.15) is 35.0 Å². The second kappa shape index (κ2) is 7.36. The second-order valence-electron chi connectivity index (χ2n) is 5.75. The molecule has 0 saturated heterocycles. The molecule has 0 saturated carbocycles. The van der Waals surface area contributed by atoms with Crippen LogP contribution in [0.3, 0.4) is 0 Å². The number of ketones is 1. The van der Waals surface area contributed by atoms with E-state index in [9.17, 15) is 9.59 Å². The molecule has 1 aliphatic heterocycles. The Balaban J connectivity index is 1.56. The van der Waals surface area contributed by atoms with E-state index in [0.717, 1.165) is 25.2 Å². The first-order chi connectivity index (χ1) is 11.6. The SMILES string of the molecule is CCN1CCc2ccc(NC(=O)CCC(=O)c3ccc(Cl)s3)cc21. The predicted octanol–water partition coefficient (Wildman–Crippen LogP) is 4.39. The summed E-state index contributed by atoms with van der Waals surface area (Å²) in [6.07, 6.45) is 1.41. The summed E-state index contributed by atoms with van der Waals surface area (Å²) in [6.45, 7) is 4.12. The van der Waals surface area contributed by atoms with Crippen molar-refractivity contribution in [3.05, 3.63) is 45.1 Å². The maximum Gasteiger partial charge on any atom is 0.224 e. The molecule has 6 heteroatoms. The van der Waals surface area contributed by atoms with Gasteiger partial charge in [-0.15, -0.1) is 11.3 Å². The first-order valence-electron chi connectivity index (χ1n) is 8.03. The number of nitrogens with zero attached hydrogens (tertiary/aromatic N) is 1. The van der Waals surface area contributed by atoms with E-state index in [2.05, 4.69) is 23.2 Å². The lowest BCUT2D eigenvalue weighted by atomic mass is 10.1. The summed E-state index contributed by atoms with van der Waals surface area (Å²) >= 11 is 7.07. The van der Waals surface area contributed by atoms with Gasteiger partial charge in [-0.1, -0.05) is 17.7 Å². The monoisotopic (exact) mass is 362 g/mol. The molecule has 0 atom stereocenters. The van der Waals surface area contributed by atoms with Gasteiger partial charge < -0.3 is 10.2 Å². The number of hydrogen-bond donors (Lipinski definition) is 1. The number of halogens is 1. The van der Waals surface area contributed by atoms with Crippen LogP contribution in [-0.2, 0) is 11.2 Å². The first kappa shape index (κ1) is 17.0. The zero-order chi connectivity index (χ0) is 17.1. The van der Waals surface area contributed by atoms with Crippen LogP contribution >= 0.6 is 22.9 Å². The van der Waals surface area contributed by atoms with Gasteiger partial charge in [0.2, 0.25) is 5.91 Å². The van der Waals surface area contributed by atoms with E-state index in [4.69, 9.17) is 11.6 Å². The Morgan fingerprint density at radius 2 is 2.08 bits per heavy atom. The van der Waals surface area contributed by atoms with Crippen LogP contribution in [0, 0.1) is 0 Å². The van der Waals surface area contributed by atoms with Crippen molar-refractivity contribution in [1.82, 2.24) is 0 Å². The van der Waals surface area contributed by atoms with Gasteiger partial charge in [0.05, 0.1) is 9.21 Å². The van der Waals surface area contributed by atoms with E-state index in [0.29, 0.717) is 9.21 Å². The predicted molar refractivity (Wildman–Crippen MR) is 99.6 cm³/mol. The standard InChI is InChI=1S/C18H19ClN2O2S/c1-2-21-10-9-12-3-4-13(11-14(12)21)20-18(23)8-5-15(22)16-6-7-17(19)24-16/h3-4,6-7,11H,2,5,8-10H2,1H3,(H,20,23). The van der Waals surface area contributed by atoms with Crippen LogP contribution in [0.2, 0.25) is 4.34 Å². The third-order valence-corrected chi connectivity index (χ3v) is 5.44. The summed E-state index contributed by atoms with van der Waals surface area (Å²) in [5.41, 5.74) is 3.30. The Kier molecular flexibility index (Phi) is 5.21. The Morgan fingerprint density at radius 3 is 2.79 bits per heavy atom. The Hall–Kier alpha value is -1.85. The molecule has 0 aliphatic carbocycles. The smallest absolute Gasteiger partial charge is 0.224 e. The number of hydrogen-bond acceptors (Lipinski definition) is 4.